The maximum Gasteiger partial charge on any atom is 0.317 e. The molecule has 2 amide bonds. The van der Waals surface area contributed by atoms with E-state index in [1.165, 1.54) is 0 Å². The van der Waals surface area contributed by atoms with E-state index in [2.05, 4.69) is 14.9 Å². The van der Waals surface area contributed by atoms with Crippen LogP contribution in [-0.4, -0.2) is 40.1 Å². The summed E-state index contributed by atoms with van der Waals surface area (Å²) >= 11 is 0. The van der Waals surface area contributed by atoms with Gasteiger partial charge in [-0.05, 0) is 12.1 Å². The van der Waals surface area contributed by atoms with Crippen molar-refractivity contribution in [1.29, 1.82) is 0 Å². The average Bonchev–Trinajstić information content (AvgIpc) is 2.93. The number of benzene rings is 1. The van der Waals surface area contributed by atoms with Crippen molar-refractivity contribution in [1.82, 2.24) is 19.8 Å². The molecule has 1 aliphatic heterocycles. The summed E-state index contributed by atoms with van der Waals surface area (Å²) in [6.45, 7) is 3.06. The Bertz CT molecular complexity index is 548. The molecule has 1 saturated heterocycles. The van der Waals surface area contributed by atoms with Crippen LogP contribution in [0.4, 0.5) is 4.79 Å². The van der Waals surface area contributed by atoms with Crippen molar-refractivity contribution in [2.45, 2.75) is 6.54 Å². The maximum atomic E-state index is 11.4. The molecule has 5 heteroatoms. The van der Waals surface area contributed by atoms with Crippen LogP contribution < -0.4 is 5.32 Å². The van der Waals surface area contributed by atoms with Gasteiger partial charge in [0, 0.05) is 26.2 Å². The van der Waals surface area contributed by atoms with Gasteiger partial charge in [0.2, 0.25) is 0 Å². The molecule has 3 rings (SSSR count). The lowest BCUT2D eigenvalue weighted by Gasteiger charge is -2.14. The molecule has 0 bridgehead atoms. The van der Waals surface area contributed by atoms with Crippen LogP contribution in [0.1, 0.15) is 0 Å². The number of rotatable bonds is 3. The fourth-order valence-corrected chi connectivity index (χ4v) is 2.14. The van der Waals surface area contributed by atoms with Crippen molar-refractivity contribution in [3.63, 3.8) is 0 Å². The second-order valence-corrected chi connectivity index (χ2v) is 4.15. The molecule has 2 aromatic rings. The smallest absolute Gasteiger partial charge is 0.317 e. The highest BCUT2D eigenvalue weighted by Crippen LogP contribution is 2.11. The number of amides is 2. The van der Waals surface area contributed by atoms with E-state index in [1.54, 1.807) is 0 Å². The molecule has 5 nitrogen and oxygen atoms in total. The summed E-state index contributed by atoms with van der Waals surface area (Å²) in [5.41, 5.74) is 2.12. The van der Waals surface area contributed by atoms with E-state index in [4.69, 9.17) is 0 Å². The molecule has 1 fully saturated rings. The predicted octanol–water partition coefficient (Wildman–Crippen LogP) is 1.06. The molecule has 0 atom stereocenters. The fourth-order valence-electron chi connectivity index (χ4n) is 2.14. The van der Waals surface area contributed by atoms with Gasteiger partial charge < -0.3 is 14.8 Å². The van der Waals surface area contributed by atoms with Crippen molar-refractivity contribution >= 4 is 17.1 Å². The second-order valence-electron chi connectivity index (χ2n) is 4.15. The van der Waals surface area contributed by atoms with Crippen LogP contribution in [0, 0.1) is 0 Å². The summed E-state index contributed by atoms with van der Waals surface area (Å²) in [5.74, 6) is 0. The number of para-hydroxylation sites is 2. The standard InChI is InChI=1S/C12H14N4O/c17-12-13-5-6-15(12)7-8-16-9-14-10-3-1-2-4-11(10)16/h1-4,9H,5-8H2,(H,13,17). The van der Waals surface area contributed by atoms with E-state index < -0.39 is 0 Å². The first-order valence-corrected chi connectivity index (χ1v) is 5.77. The van der Waals surface area contributed by atoms with E-state index in [1.807, 2.05) is 35.5 Å². The lowest BCUT2D eigenvalue weighted by Crippen LogP contribution is -2.31. The first-order chi connectivity index (χ1) is 8.34. The molecule has 1 aromatic carbocycles. The molecule has 1 aromatic heterocycles. The van der Waals surface area contributed by atoms with E-state index in [0.717, 1.165) is 37.2 Å². The zero-order chi connectivity index (χ0) is 11.7. The van der Waals surface area contributed by atoms with Crippen LogP contribution in [0.3, 0.4) is 0 Å². The third kappa shape index (κ3) is 1.84. The van der Waals surface area contributed by atoms with Crippen LogP contribution >= 0.6 is 0 Å². The van der Waals surface area contributed by atoms with E-state index in [9.17, 15) is 4.79 Å². The van der Waals surface area contributed by atoms with Crippen molar-refractivity contribution in [2.75, 3.05) is 19.6 Å². The molecule has 0 saturated carbocycles. The lowest BCUT2D eigenvalue weighted by atomic mass is 10.3. The molecule has 1 N–H and O–H groups in total. The van der Waals surface area contributed by atoms with Gasteiger partial charge in [0.15, 0.2) is 0 Å². The summed E-state index contributed by atoms with van der Waals surface area (Å²) in [6.07, 6.45) is 1.83. The zero-order valence-electron chi connectivity index (χ0n) is 9.47. The van der Waals surface area contributed by atoms with Gasteiger partial charge in [-0.1, -0.05) is 12.1 Å². The van der Waals surface area contributed by atoms with Crippen molar-refractivity contribution in [2.24, 2.45) is 0 Å². The van der Waals surface area contributed by atoms with Gasteiger partial charge in [-0.15, -0.1) is 0 Å². The summed E-state index contributed by atoms with van der Waals surface area (Å²) in [4.78, 5) is 17.5. The monoisotopic (exact) mass is 230 g/mol. The second kappa shape index (κ2) is 4.08. The topological polar surface area (TPSA) is 50.2 Å². The number of hydrogen-bond donors (Lipinski definition) is 1. The molecule has 2 heterocycles. The number of aromatic nitrogens is 2. The minimum Gasteiger partial charge on any atom is -0.336 e. The molecule has 0 radical (unpaired) electrons. The molecule has 0 spiro atoms. The first kappa shape index (κ1) is 10.1. The van der Waals surface area contributed by atoms with Crippen molar-refractivity contribution < 1.29 is 4.79 Å². The zero-order valence-corrected chi connectivity index (χ0v) is 9.47. The quantitative estimate of drug-likeness (QED) is 0.857. The first-order valence-electron chi connectivity index (χ1n) is 5.77. The van der Waals surface area contributed by atoms with Crippen LogP contribution in [0.5, 0.6) is 0 Å². The third-order valence-corrected chi connectivity index (χ3v) is 3.08. The molecule has 1 aliphatic rings. The minimum atomic E-state index is 0.0365. The summed E-state index contributed by atoms with van der Waals surface area (Å²) in [7, 11) is 0. The van der Waals surface area contributed by atoms with Crippen LogP contribution in [-0.2, 0) is 6.54 Å². The molecular weight excluding hydrogens is 216 g/mol. The number of carbonyl (C=O) groups excluding carboxylic acids is 1. The Morgan fingerprint density at radius 2 is 2.18 bits per heavy atom. The predicted molar refractivity (Wildman–Crippen MR) is 64.7 cm³/mol. The minimum absolute atomic E-state index is 0.0365. The molecule has 88 valence electrons. The number of carbonyl (C=O) groups is 1. The van der Waals surface area contributed by atoms with Gasteiger partial charge in [0.1, 0.15) is 0 Å². The largest absolute Gasteiger partial charge is 0.336 e. The van der Waals surface area contributed by atoms with Gasteiger partial charge in [-0.2, -0.15) is 0 Å². The normalized spacial score (nSPS) is 15.5. The van der Waals surface area contributed by atoms with Gasteiger partial charge in [0.25, 0.3) is 0 Å². The highest BCUT2D eigenvalue weighted by molar-refractivity contribution is 5.76. The molecule has 0 unspecified atom stereocenters. The Hall–Kier alpha value is -2.04. The number of hydrogen-bond acceptors (Lipinski definition) is 2. The number of fused-ring (bicyclic) bond motifs is 1. The Kier molecular flexibility index (Phi) is 2.44. The molecular formula is C12H14N4O. The SMILES string of the molecule is O=C1NCCN1CCn1cnc2ccccc21. The Morgan fingerprint density at radius 3 is 3.00 bits per heavy atom. The van der Waals surface area contributed by atoms with Crippen LogP contribution in [0.2, 0.25) is 0 Å². The molecule has 0 aliphatic carbocycles. The van der Waals surface area contributed by atoms with Crippen LogP contribution in [0.25, 0.3) is 11.0 Å². The van der Waals surface area contributed by atoms with Gasteiger partial charge in [-0.25, -0.2) is 9.78 Å². The van der Waals surface area contributed by atoms with Crippen molar-refractivity contribution in [3.05, 3.63) is 30.6 Å². The van der Waals surface area contributed by atoms with Gasteiger partial charge >= 0.3 is 6.03 Å². The third-order valence-electron chi connectivity index (χ3n) is 3.08. The molecule has 17 heavy (non-hydrogen) atoms. The van der Waals surface area contributed by atoms with E-state index >= 15 is 0 Å². The number of imidazole rings is 1. The lowest BCUT2D eigenvalue weighted by molar-refractivity contribution is 0.216. The summed E-state index contributed by atoms with van der Waals surface area (Å²) in [6, 6.07) is 8.06. The van der Waals surface area contributed by atoms with E-state index in [-0.39, 0.29) is 6.03 Å². The van der Waals surface area contributed by atoms with Gasteiger partial charge in [-0.3, -0.25) is 0 Å². The highest BCUT2D eigenvalue weighted by Gasteiger charge is 2.18. The fraction of sp³-hybridized carbons (Fsp3) is 0.333. The Labute approximate surface area is 99.0 Å². The highest BCUT2D eigenvalue weighted by atomic mass is 16.2. The number of nitrogens with zero attached hydrogens (tertiary/aromatic N) is 3. The van der Waals surface area contributed by atoms with Gasteiger partial charge in [0.05, 0.1) is 17.4 Å². The summed E-state index contributed by atoms with van der Waals surface area (Å²) in [5, 5.41) is 2.80. The van der Waals surface area contributed by atoms with Crippen LogP contribution in [0.15, 0.2) is 30.6 Å². The maximum absolute atomic E-state index is 11.4. The van der Waals surface area contributed by atoms with E-state index in [0.29, 0.717) is 0 Å². The Morgan fingerprint density at radius 1 is 1.29 bits per heavy atom. The summed E-state index contributed by atoms with van der Waals surface area (Å²) < 4.78 is 2.08. The van der Waals surface area contributed by atoms with Crippen molar-refractivity contribution in [3.8, 4) is 0 Å². The number of urea groups is 1. The number of nitrogens with one attached hydrogen (secondary N) is 1. The average molecular weight is 230 g/mol. The Balaban J connectivity index is 1.74.